The lowest BCUT2D eigenvalue weighted by Gasteiger charge is -2.19. The zero-order valence-corrected chi connectivity index (χ0v) is 14.8. The van der Waals surface area contributed by atoms with Gasteiger partial charge in [-0.15, -0.1) is 11.8 Å². The SMILES string of the molecule is O=C1CS[C@@H](c2ccncc2)c2c(n(C3CCCCCC3)[nH]c2=O)N1. The maximum absolute atomic E-state index is 12.8. The Morgan fingerprint density at radius 1 is 1.08 bits per heavy atom. The lowest BCUT2D eigenvalue weighted by Crippen LogP contribution is -2.19. The predicted molar refractivity (Wildman–Crippen MR) is 99.0 cm³/mol. The molecule has 0 saturated heterocycles. The molecule has 0 aromatic carbocycles. The molecule has 2 N–H and O–H groups in total. The van der Waals surface area contributed by atoms with Crippen molar-refractivity contribution < 1.29 is 4.79 Å². The van der Waals surface area contributed by atoms with Gasteiger partial charge in [0.2, 0.25) is 5.91 Å². The molecule has 0 bridgehead atoms. The normalized spacial score (nSPS) is 21.9. The van der Waals surface area contributed by atoms with Crippen LogP contribution in [-0.4, -0.2) is 26.4 Å². The number of pyridine rings is 1. The topological polar surface area (TPSA) is 79.8 Å². The van der Waals surface area contributed by atoms with Crippen LogP contribution in [0.15, 0.2) is 29.3 Å². The number of nitrogens with one attached hydrogen (secondary N) is 2. The fraction of sp³-hybridized carbons (Fsp3) is 0.500. The zero-order valence-electron chi connectivity index (χ0n) is 14.0. The highest BCUT2D eigenvalue weighted by Crippen LogP contribution is 2.41. The van der Waals surface area contributed by atoms with E-state index in [0.717, 1.165) is 31.2 Å². The Morgan fingerprint density at radius 2 is 1.80 bits per heavy atom. The van der Waals surface area contributed by atoms with Crippen molar-refractivity contribution in [2.75, 3.05) is 11.1 Å². The number of H-pyrrole nitrogens is 1. The minimum absolute atomic E-state index is 0.0517. The Morgan fingerprint density at radius 3 is 2.52 bits per heavy atom. The van der Waals surface area contributed by atoms with Crippen LogP contribution in [0.5, 0.6) is 0 Å². The van der Waals surface area contributed by atoms with Gasteiger partial charge >= 0.3 is 0 Å². The van der Waals surface area contributed by atoms with Gasteiger partial charge in [-0.25, -0.2) is 0 Å². The second-order valence-electron chi connectivity index (χ2n) is 6.74. The quantitative estimate of drug-likeness (QED) is 0.808. The zero-order chi connectivity index (χ0) is 17.2. The third-order valence-electron chi connectivity index (χ3n) is 5.06. The molecular formula is C18H22N4O2S. The second-order valence-corrected chi connectivity index (χ2v) is 7.83. The molecule has 2 aromatic rings. The summed E-state index contributed by atoms with van der Waals surface area (Å²) in [7, 11) is 0. The molecule has 2 aliphatic rings. The highest BCUT2D eigenvalue weighted by molar-refractivity contribution is 8.00. The molecule has 25 heavy (non-hydrogen) atoms. The van der Waals surface area contributed by atoms with E-state index in [1.54, 1.807) is 12.4 Å². The molecule has 1 saturated carbocycles. The monoisotopic (exact) mass is 358 g/mol. The number of rotatable bonds is 2. The van der Waals surface area contributed by atoms with Crippen LogP contribution in [0.3, 0.4) is 0 Å². The third kappa shape index (κ3) is 3.25. The van der Waals surface area contributed by atoms with Crippen molar-refractivity contribution in [3.63, 3.8) is 0 Å². The minimum atomic E-state index is -0.160. The molecule has 132 valence electrons. The summed E-state index contributed by atoms with van der Waals surface area (Å²) in [5, 5.41) is 5.84. The molecule has 1 aliphatic heterocycles. The highest BCUT2D eigenvalue weighted by atomic mass is 32.2. The molecular weight excluding hydrogens is 336 g/mol. The van der Waals surface area contributed by atoms with E-state index in [4.69, 9.17) is 0 Å². The molecule has 3 heterocycles. The van der Waals surface area contributed by atoms with E-state index < -0.39 is 0 Å². The maximum Gasteiger partial charge on any atom is 0.270 e. The second kappa shape index (κ2) is 7.07. The van der Waals surface area contributed by atoms with Crippen LogP contribution in [0.1, 0.15) is 60.9 Å². The summed E-state index contributed by atoms with van der Waals surface area (Å²) in [6, 6.07) is 4.08. The minimum Gasteiger partial charge on any atom is -0.310 e. The van der Waals surface area contributed by atoms with Crippen molar-refractivity contribution in [3.8, 4) is 0 Å². The van der Waals surface area contributed by atoms with Gasteiger partial charge in [-0.1, -0.05) is 25.7 Å². The lowest BCUT2D eigenvalue weighted by molar-refractivity contribution is -0.113. The summed E-state index contributed by atoms with van der Waals surface area (Å²) in [4.78, 5) is 29.1. The van der Waals surface area contributed by atoms with Crippen molar-refractivity contribution in [1.82, 2.24) is 14.8 Å². The van der Waals surface area contributed by atoms with E-state index in [9.17, 15) is 9.59 Å². The summed E-state index contributed by atoms with van der Waals surface area (Å²) >= 11 is 1.49. The van der Waals surface area contributed by atoms with Gasteiger partial charge in [0.05, 0.1) is 22.6 Å². The van der Waals surface area contributed by atoms with E-state index in [2.05, 4.69) is 15.4 Å². The first-order valence-corrected chi connectivity index (χ1v) is 9.94. The number of fused-ring (bicyclic) bond motifs is 1. The molecule has 0 unspecified atom stereocenters. The smallest absolute Gasteiger partial charge is 0.270 e. The number of thioether (sulfide) groups is 1. The molecule has 2 aromatic heterocycles. The van der Waals surface area contributed by atoms with E-state index in [1.807, 2.05) is 16.8 Å². The number of anilines is 1. The number of carbonyl (C=O) groups is 1. The molecule has 1 fully saturated rings. The number of aromatic amines is 1. The van der Waals surface area contributed by atoms with E-state index in [0.29, 0.717) is 17.1 Å². The Bertz CT molecular complexity index is 806. The van der Waals surface area contributed by atoms with Gasteiger partial charge in [-0.2, -0.15) is 0 Å². The average Bonchev–Trinajstić information content (AvgIpc) is 2.84. The Hall–Kier alpha value is -2.02. The number of hydrogen-bond donors (Lipinski definition) is 2. The summed E-state index contributed by atoms with van der Waals surface area (Å²) < 4.78 is 1.93. The van der Waals surface area contributed by atoms with Gasteiger partial charge in [0.15, 0.2) is 0 Å². The van der Waals surface area contributed by atoms with Crippen molar-refractivity contribution in [1.29, 1.82) is 0 Å². The standard InChI is InChI=1S/C18H22N4O2S/c23-14-11-25-16(12-7-9-19-10-8-12)15-17(20-14)22(21-18(15)24)13-5-3-1-2-4-6-13/h7-10,13,16H,1-6,11H2,(H,20,23)(H,21,24)/t16-/m0/s1. The predicted octanol–water partition coefficient (Wildman–Crippen LogP) is 3.24. The first kappa shape index (κ1) is 16.4. The summed E-state index contributed by atoms with van der Waals surface area (Å²) in [5.74, 6) is 0.948. The van der Waals surface area contributed by atoms with Crippen LogP contribution >= 0.6 is 11.8 Å². The number of amides is 1. The van der Waals surface area contributed by atoms with Crippen molar-refractivity contribution in [3.05, 3.63) is 46.0 Å². The van der Waals surface area contributed by atoms with Crippen LogP contribution in [-0.2, 0) is 4.79 Å². The van der Waals surface area contributed by atoms with Crippen LogP contribution < -0.4 is 10.9 Å². The molecule has 7 heteroatoms. The van der Waals surface area contributed by atoms with Gasteiger partial charge < -0.3 is 5.32 Å². The number of aromatic nitrogens is 3. The van der Waals surface area contributed by atoms with Gasteiger partial charge in [-0.3, -0.25) is 24.4 Å². The van der Waals surface area contributed by atoms with Gasteiger partial charge in [-0.05, 0) is 30.5 Å². The molecule has 0 spiro atoms. The average molecular weight is 358 g/mol. The summed E-state index contributed by atoms with van der Waals surface area (Å²) in [6.07, 6.45) is 10.3. The van der Waals surface area contributed by atoms with Crippen molar-refractivity contribution in [2.24, 2.45) is 0 Å². The first-order valence-electron chi connectivity index (χ1n) is 8.90. The molecule has 1 atom stereocenters. The number of nitrogens with zero attached hydrogens (tertiary/aromatic N) is 2. The van der Waals surface area contributed by atoms with Crippen LogP contribution in [0.2, 0.25) is 0 Å². The molecule has 0 radical (unpaired) electrons. The Kier molecular flexibility index (Phi) is 4.65. The van der Waals surface area contributed by atoms with E-state index in [1.165, 1.54) is 24.6 Å². The van der Waals surface area contributed by atoms with Crippen molar-refractivity contribution >= 4 is 23.5 Å². The fourth-order valence-corrected chi connectivity index (χ4v) is 4.96. The third-order valence-corrected chi connectivity index (χ3v) is 6.33. The van der Waals surface area contributed by atoms with Gasteiger partial charge in [0.1, 0.15) is 5.82 Å². The van der Waals surface area contributed by atoms with Crippen LogP contribution in [0, 0.1) is 0 Å². The molecule has 4 rings (SSSR count). The molecule has 1 aliphatic carbocycles. The number of carbonyl (C=O) groups excluding carboxylic acids is 1. The van der Waals surface area contributed by atoms with E-state index >= 15 is 0 Å². The van der Waals surface area contributed by atoms with Crippen LogP contribution in [0.25, 0.3) is 0 Å². The Labute approximate surface area is 150 Å². The first-order chi connectivity index (χ1) is 12.2. The maximum atomic E-state index is 12.8. The number of hydrogen-bond acceptors (Lipinski definition) is 4. The van der Waals surface area contributed by atoms with Gasteiger partial charge in [0.25, 0.3) is 5.56 Å². The summed E-state index contributed by atoms with van der Waals surface area (Å²) in [6.45, 7) is 0. The fourth-order valence-electron chi connectivity index (χ4n) is 3.84. The van der Waals surface area contributed by atoms with Gasteiger partial charge in [0, 0.05) is 12.4 Å². The summed E-state index contributed by atoms with van der Waals surface area (Å²) in [5.41, 5.74) is 1.56. The lowest BCUT2D eigenvalue weighted by atomic mass is 10.1. The Balaban J connectivity index is 1.80. The van der Waals surface area contributed by atoms with Crippen LogP contribution in [0.4, 0.5) is 5.82 Å². The molecule has 6 nitrogen and oxygen atoms in total. The highest BCUT2D eigenvalue weighted by Gasteiger charge is 2.32. The molecule has 1 amide bonds. The largest absolute Gasteiger partial charge is 0.310 e. The van der Waals surface area contributed by atoms with E-state index in [-0.39, 0.29) is 22.8 Å². The van der Waals surface area contributed by atoms with Crippen molar-refractivity contribution in [2.45, 2.75) is 49.8 Å².